The van der Waals surface area contributed by atoms with Gasteiger partial charge in [-0.15, -0.1) is 0 Å². The molecule has 128 valence electrons. The van der Waals surface area contributed by atoms with Crippen molar-refractivity contribution in [2.75, 3.05) is 7.11 Å². The lowest BCUT2D eigenvalue weighted by Gasteiger charge is -2.16. The number of ether oxygens (including phenoxy) is 1. The SMILES string of the molecule is COc1ccc(CC(=O)N[C@@H]2CC(Cn3ccnc3)C[C@H]2O)nc1. The molecule has 2 aromatic rings. The average Bonchev–Trinajstić information content (AvgIpc) is 3.19. The van der Waals surface area contributed by atoms with Crippen molar-refractivity contribution in [3.05, 3.63) is 42.7 Å². The molecule has 1 fully saturated rings. The Labute approximate surface area is 140 Å². The van der Waals surface area contributed by atoms with Gasteiger partial charge in [-0.25, -0.2) is 4.98 Å². The van der Waals surface area contributed by atoms with Gasteiger partial charge >= 0.3 is 0 Å². The summed E-state index contributed by atoms with van der Waals surface area (Å²) in [6.07, 6.45) is 8.15. The molecule has 1 aliphatic rings. The fourth-order valence-corrected chi connectivity index (χ4v) is 3.17. The predicted octanol–water partition coefficient (Wildman–Crippen LogP) is 0.785. The van der Waals surface area contributed by atoms with Gasteiger partial charge in [-0.2, -0.15) is 0 Å². The van der Waals surface area contributed by atoms with Crippen LogP contribution in [0.2, 0.25) is 0 Å². The van der Waals surface area contributed by atoms with E-state index in [0.29, 0.717) is 23.8 Å². The van der Waals surface area contributed by atoms with Gasteiger partial charge in [0, 0.05) is 24.6 Å². The third kappa shape index (κ3) is 4.11. The number of pyridine rings is 1. The summed E-state index contributed by atoms with van der Waals surface area (Å²) in [7, 11) is 1.57. The second-order valence-corrected chi connectivity index (χ2v) is 6.20. The molecule has 0 spiro atoms. The quantitative estimate of drug-likeness (QED) is 0.817. The zero-order valence-corrected chi connectivity index (χ0v) is 13.6. The van der Waals surface area contributed by atoms with E-state index in [4.69, 9.17) is 4.74 Å². The molecule has 3 atom stereocenters. The Morgan fingerprint density at radius 3 is 3.00 bits per heavy atom. The van der Waals surface area contributed by atoms with Crippen LogP contribution in [0, 0.1) is 5.92 Å². The molecule has 2 aromatic heterocycles. The zero-order chi connectivity index (χ0) is 16.9. The molecule has 1 unspecified atom stereocenters. The normalized spacial score (nSPS) is 23.2. The summed E-state index contributed by atoms with van der Waals surface area (Å²) in [5.41, 5.74) is 0.677. The van der Waals surface area contributed by atoms with E-state index in [-0.39, 0.29) is 18.4 Å². The molecule has 0 aromatic carbocycles. The summed E-state index contributed by atoms with van der Waals surface area (Å²) in [5.74, 6) is 0.867. The highest BCUT2D eigenvalue weighted by atomic mass is 16.5. The number of nitrogens with one attached hydrogen (secondary N) is 1. The van der Waals surface area contributed by atoms with Crippen molar-refractivity contribution in [1.82, 2.24) is 19.9 Å². The number of hydrogen-bond donors (Lipinski definition) is 2. The van der Waals surface area contributed by atoms with Crippen LogP contribution in [-0.2, 0) is 17.8 Å². The van der Waals surface area contributed by atoms with E-state index in [9.17, 15) is 9.90 Å². The highest BCUT2D eigenvalue weighted by Crippen LogP contribution is 2.27. The Morgan fingerprint density at radius 2 is 2.33 bits per heavy atom. The summed E-state index contributed by atoms with van der Waals surface area (Å²) in [6.45, 7) is 0.809. The molecule has 2 N–H and O–H groups in total. The van der Waals surface area contributed by atoms with Gasteiger partial charge in [0.25, 0.3) is 0 Å². The smallest absolute Gasteiger partial charge is 0.226 e. The van der Waals surface area contributed by atoms with Crippen LogP contribution < -0.4 is 10.1 Å². The van der Waals surface area contributed by atoms with E-state index in [0.717, 1.165) is 13.0 Å². The Kier molecular flexibility index (Phi) is 5.10. The van der Waals surface area contributed by atoms with Gasteiger partial charge in [-0.3, -0.25) is 9.78 Å². The molecule has 2 heterocycles. The van der Waals surface area contributed by atoms with E-state index >= 15 is 0 Å². The summed E-state index contributed by atoms with van der Waals surface area (Å²) in [5, 5.41) is 13.1. The number of aromatic nitrogens is 3. The second kappa shape index (κ2) is 7.44. The Morgan fingerprint density at radius 1 is 1.46 bits per heavy atom. The number of methoxy groups -OCH3 is 1. The minimum absolute atomic E-state index is 0.125. The summed E-state index contributed by atoms with van der Waals surface area (Å²) < 4.78 is 7.05. The number of rotatable bonds is 6. The highest BCUT2D eigenvalue weighted by molar-refractivity contribution is 5.78. The van der Waals surface area contributed by atoms with Gasteiger partial charge in [0.2, 0.25) is 5.91 Å². The fourth-order valence-electron chi connectivity index (χ4n) is 3.17. The molecular formula is C17H22N4O3. The molecule has 1 aliphatic carbocycles. The molecule has 0 saturated heterocycles. The van der Waals surface area contributed by atoms with Crippen molar-refractivity contribution < 1.29 is 14.6 Å². The number of amides is 1. The van der Waals surface area contributed by atoms with Gasteiger partial charge < -0.3 is 19.7 Å². The number of aliphatic hydroxyl groups is 1. The first-order valence-corrected chi connectivity index (χ1v) is 8.06. The maximum absolute atomic E-state index is 12.2. The fraction of sp³-hybridized carbons (Fsp3) is 0.471. The van der Waals surface area contributed by atoms with Crippen LogP contribution in [0.3, 0.4) is 0 Å². The van der Waals surface area contributed by atoms with Crippen molar-refractivity contribution in [2.24, 2.45) is 5.92 Å². The summed E-state index contributed by atoms with van der Waals surface area (Å²) in [6, 6.07) is 3.34. The van der Waals surface area contributed by atoms with E-state index in [1.54, 1.807) is 38.0 Å². The molecule has 3 rings (SSSR count). The zero-order valence-electron chi connectivity index (χ0n) is 13.6. The standard InChI is InChI=1S/C17H22N4O3/c1-24-14-3-2-13(19-9-14)8-17(23)20-15-6-12(7-16(15)22)10-21-5-4-18-11-21/h2-5,9,11-12,15-16,22H,6-8,10H2,1H3,(H,20,23)/t12?,15-,16-/m1/s1. The van der Waals surface area contributed by atoms with Gasteiger partial charge in [-0.05, 0) is 30.9 Å². The molecule has 0 radical (unpaired) electrons. The maximum Gasteiger partial charge on any atom is 0.226 e. The summed E-state index contributed by atoms with van der Waals surface area (Å²) in [4.78, 5) is 20.4. The first kappa shape index (κ1) is 16.4. The van der Waals surface area contributed by atoms with Gasteiger partial charge in [-0.1, -0.05) is 0 Å². The number of nitrogens with zero attached hydrogens (tertiary/aromatic N) is 3. The van der Waals surface area contributed by atoms with Crippen molar-refractivity contribution in [3.63, 3.8) is 0 Å². The van der Waals surface area contributed by atoms with E-state index in [2.05, 4.69) is 15.3 Å². The van der Waals surface area contributed by atoms with Gasteiger partial charge in [0.05, 0.1) is 38.2 Å². The van der Waals surface area contributed by atoms with Gasteiger partial charge in [0.15, 0.2) is 0 Å². The third-order valence-corrected chi connectivity index (χ3v) is 4.38. The predicted molar refractivity (Wildman–Crippen MR) is 87.4 cm³/mol. The highest BCUT2D eigenvalue weighted by Gasteiger charge is 2.33. The Hall–Kier alpha value is -2.41. The van der Waals surface area contributed by atoms with E-state index in [1.807, 2.05) is 10.8 Å². The van der Waals surface area contributed by atoms with E-state index in [1.165, 1.54) is 0 Å². The molecule has 1 saturated carbocycles. The van der Waals surface area contributed by atoms with Crippen LogP contribution in [0.1, 0.15) is 18.5 Å². The molecule has 7 nitrogen and oxygen atoms in total. The number of carbonyl (C=O) groups is 1. The molecule has 7 heteroatoms. The lowest BCUT2D eigenvalue weighted by atomic mass is 10.1. The first-order chi connectivity index (χ1) is 11.6. The number of carbonyl (C=O) groups excluding carboxylic acids is 1. The van der Waals surface area contributed by atoms with Crippen molar-refractivity contribution >= 4 is 5.91 Å². The monoisotopic (exact) mass is 330 g/mol. The Balaban J connectivity index is 1.50. The second-order valence-electron chi connectivity index (χ2n) is 6.20. The number of hydrogen-bond acceptors (Lipinski definition) is 5. The Bertz CT molecular complexity index is 657. The van der Waals surface area contributed by atoms with Crippen LogP contribution in [0.4, 0.5) is 0 Å². The first-order valence-electron chi connectivity index (χ1n) is 8.06. The van der Waals surface area contributed by atoms with Crippen LogP contribution in [-0.4, -0.2) is 44.8 Å². The molecule has 0 aliphatic heterocycles. The van der Waals surface area contributed by atoms with Gasteiger partial charge in [0.1, 0.15) is 5.75 Å². The topological polar surface area (TPSA) is 89.3 Å². The molecule has 1 amide bonds. The summed E-state index contributed by atoms with van der Waals surface area (Å²) >= 11 is 0. The maximum atomic E-state index is 12.2. The van der Waals surface area contributed by atoms with Crippen LogP contribution in [0.5, 0.6) is 5.75 Å². The largest absolute Gasteiger partial charge is 0.495 e. The van der Waals surface area contributed by atoms with Crippen molar-refractivity contribution in [3.8, 4) is 5.75 Å². The van der Waals surface area contributed by atoms with Crippen molar-refractivity contribution in [2.45, 2.75) is 38.0 Å². The minimum Gasteiger partial charge on any atom is -0.495 e. The lowest BCUT2D eigenvalue weighted by molar-refractivity contribution is -0.121. The number of imidazole rings is 1. The minimum atomic E-state index is -0.508. The van der Waals surface area contributed by atoms with Crippen LogP contribution in [0.25, 0.3) is 0 Å². The van der Waals surface area contributed by atoms with E-state index < -0.39 is 6.10 Å². The van der Waals surface area contributed by atoms with Crippen LogP contribution in [0.15, 0.2) is 37.1 Å². The van der Waals surface area contributed by atoms with Crippen LogP contribution >= 0.6 is 0 Å². The molecular weight excluding hydrogens is 308 g/mol. The lowest BCUT2D eigenvalue weighted by Crippen LogP contribution is -2.40. The number of aliphatic hydroxyl groups excluding tert-OH is 1. The molecule has 24 heavy (non-hydrogen) atoms. The van der Waals surface area contributed by atoms with Crippen molar-refractivity contribution in [1.29, 1.82) is 0 Å². The molecule has 0 bridgehead atoms. The third-order valence-electron chi connectivity index (χ3n) is 4.38. The average molecular weight is 330 g/mol.